The fraction of sp³-hybridized carbons (Fsp3) is 0. The van der Waals surface area contributed by atoms with Crippen molar-refractivity contribution in [2.24, 2.45) is 0 Å². The van der Waals surface area contributed by atoms with Gasteiger partial charge in [0.1, 0.15) is 11.2 Å². The second kappa shape index (κ2) is 11.1. The molecule has 1 nitrogen and oxygen atoms in total. The summed E-state index contributed by atoms with van der Waals surface area (Å²) >= 11 is 0. The third-order valence-electron chi connectivity index (χ3n) is 9.24. The van der Waals surface area contributed by atoms with E-state index in [2.05, 4.69) is 12.1 Å². The summed E-state index contributed by atoms with van der Waals surface area (Å²) in [6, 6.07) is 29.9. The molecule has 0 aliphatic heterocycles. The molecule has 10 aromatic rings. The van der Waals surface area contributed by atoms with E-state index in [0.717, 1.165) is 54.6 Å². The minimum atomic E-state index is -0.502. The molecule has 0 bridgehead atoms. The maximum absolute atomic E-state index is 9.01. The molecule has 0 spiro atoms. The SMILES string of the molecule is [2H]c1c([2H])c([2H])c(-c2ccc3c(c2)oc2cccc(-c4c5ccccc5c(-c5cccc(-c6c([2H])c([2H])c([2H])c7c([2H])c([2H])c([2H])c([2H])c67)c5)c5ccccc45)c23)c([2H])c1[2H]. The summed E-state index contributed by atoms with van der Waals surface area (Å²) in [4.78, 5) is 0. The van der Waals surface area contributed by atoms with Crippen LogP contribution in [0.1, 0.15) is 16.4 Å². The fourth-order valence-corrected chi connectivity index (χ4v) is 7.17. The molecule has 10 rings (SSSR count). The van der Waals surface area contributed by atoms with E-state index in [1.54, 1.807) is 18.2 Å². The minimum absolute atomic E-state index is 0.0279. The van der Waals surface area contributed by atoms with Crippen molar-refractivity contribution in [1.82, 2.24) is 0 Å². The lowest BCUT2D eigenvalue weighted by atomic mass is 9.84. The molecule has 0 aliphatic rings. The number of furan rings is 1. The van der Waals surface area contributed by atoms with E-state index < -0.39 is 48.3 Å². The number of hydrogen-bond acceptors (Lipinski definition) is 1. The number of hydrogen-bond donors (Lipinski definition) is 0. The topological polar surface area (TPSA) is 13.1 Å². The number of rotatable bonds is 4. The summed E-state index contributed by atoms with van der Waals surface area (Å²) in [5.41, 5.74) is 5.79. The largest absolute Gasteiger partial charge is 0.456 e. The van der Waals surface area contributed by atoms with Gasteiger partial charge in [-0.1, -0.05) is 157 Å². The Balaban J connectivity index is 1.22. The van der Waals surface area contributed by atoms with Gasteiger partial charge < -0.3 is 4.42 Å². The quantitative estimate of drug-likeness (QED) is 0.176. The summed E-state index contributed by atoms with van der Waals surface area (Å²) in [7, 11) is 0. The summed E-state index contributed by atoms with van der Waals surface area (Å²) in [6.07, 6.45) is 0. The van der Waals surface area contributed by atoms with Gasteiger partial charge in [0.05, 0.1) is 16.4 Å². The molecule has 0 fully saturated rings. The van der Waals surface area contributed by atoms with E-state index in [4.69, 9.17) is 20.9 Å². The Morgan fingerprint density at radius 1 is 0.367 bits per heavy atom. The maximum Gasteiger partial charge on any atom is 0.136 e. The van der Waals surface area contributed by atoms with Crippen LogP contribution in [0.4, 0.5) is 0 Å². The maximum atomic E-state index is 9.01. The molecular formula is C48H30O. The van der Waals surface area contributed by atoms with Gasteiger partial charge in [-0.2, -0.15) is 0 Å². The third-order valence-corrected chi connectivity index (χ3v) is 9.24. The highest BCUT2D eigenvalue weighted by Gasteiger charge is 2.20. The molecule has 1 aromatic heterocycles. The smallest absolute Gasteiger partial charge is 0.136 e. The molecule has 0 radical (unpaired) electrons. The van der Waals surface area contributed by atoms with Crippen molar-refractivity contribution >= 4 is 54.3 Å². The Morgan fingerprint density at radius 2 is 1.04 bits per heavy atom. The van der Waals surface area contributed by atoms with Gasteiger partial charge >= 0.3 is 0 Å². The minimum Gasteiger partial charge on any atom is -0.456 e. The molecule has 1 heterocycles. The van der Waals surface area contributed by atoms with Gasteiger partial charge in [0.15, 0.2) is 0 Å². The van der Waals surface area contributed by atoms with Crippen LogP contribution in [0, 0.1) is 0 Å². The highest BCUT2D eigenvalue weighted by atomic mass is 16.3. The zero-order valence-corrected chi connectivity index (χ0v) is 25.8. The van der Waals surface area contributed by atoms with Gasteiger partial charge in [0, 0.05) is 10.8 Å². The standard InChI is InChI=1S/C48H30O/c1-2-13-31(14-3-1)33-27-28-42-45(30-33)49-44-26-12-25-43(48(42)44)47-40-22-8-6-20-38(40)46(39-21-7-9-23-41(39)47)35-18-10-17-34(29-35)37-24-11-16-32-15-4-5-19-36(32)37/h1-30H/i1D,2D,3D,4D,5D,11D,13D,14D,15D,16D,19D,24D. The average molecular weight is 635 g/mol. The first-order valence-corrected chi connectivity index (χ1v) is 15.9. The highest BCUT2D eigenvalue weighted by molar-refractivity contribution is 6.25. The lowest BCUT2D eigenvalue weighted by Crippen LogP contribution is -1.91. The van der Waals surface area contributed by atoms with Crippen LogP contribution < -0.4 is 0 Å². The molecular weight excluding hydrogens is 593 g/mol. The van der Waals surface area contributed by atoms with Crippen LogP contribution in [0.15, 0.2) is 186 Å². The van der Waals surface area contributed by atoms with Crippen molar-refractivity contribution in [3.05, 3.63) is 182 Å². The van der Waals surface area contributed by atoms with Gasteiger partial charge in [0.25, 0.3) is 0 Å². The monoisotopic (exact) mass is 634 g/mol. The molecule has 228 valence electrons. The Hall–Kier alpha value is -6.44. The highest BCUT2D eigenvalue weighted by Crippen LogP contribution is 2.47. The van der Waals surface area contributed by atoms with Crippen LogP contribution in [-0.2, 0) is 0 Å². The lowest BCUT2D eigenvalue weighted by Gasteiger charge is -2.19. The van der Waals surface area contributed by atoms with Crippen molar-refractivity contribution in [3.8, 4) is 44.5 Å². The predicted molar refractivity (Wildman–Crippen MR) is 208 cm³/mol. The molecule has 0 unspecified atom stereocenters. The fourth-order valence-electron chi connectivity index (χ4n) is 7.17. The summed E-state index contributed by atoms with van der Waals surface area (Å²) in [5.74, 6) is 0. The average Bonchev–Trinajstić information content (AvgIpc) is 3.65. The Kier molecular flexibility index (Phi) is 4.11. The molecule has 1 heteroatoms. The van der Waals surface area contributed by atoms with Crippen molar-refractivity contribution < 1.29 is 20.9 Å². The van der Waals surface area contributed by atoms with Crippen LogP contribution in [-0.4, -0.2) is 0 Å². The number of benzene rings is 9. The van der Waals surface area contributed by atoms with Crippen molar-refractivity contribution in [3.63, 3.8) is 0 Å². The molecule has 0 amide bonds. The zero-order valence-electron chi connectivity index (χ0n) is 37.8. The molecule has 9 aromatic carbocycles. The molecule has 0 aliphatic carbocycles. The van der Waals surface area contributed by atoms with Crippen molar-refractivity contribution in [2.45, 2.75) is 0 Å². The summed E-state index contributed by atoms with van der Waals surface area (Å²) in [5, 5.41) is 5.27. The first-order chi connectivity index (χ1) is 29.3. The first-order valence-electron chi connectivity index (χ1n) is 21.9. The third kappa shape index (κ3) is 4.40. The molecule has 0 atom stereocenters. The normalized spacial score (nSPS) is 15.1. The predicted octanol–water partition coefficient (Wildman–Crippen LogP) is 13.7. The summed E-state index contributed by atoms with van der Waals surface area (Å²) < 4.78 is 108. The van der Waals surface area contributed by atoms with Crippen LogP contribution in [0.5, 0.6) is 0 Å². The van der Waals surface area contributed by atoms with Crippen LogP contribution in [0.2, 0.25) is 0 Å². The second-order valence-corrected chi connectivity index (χ2v) is 11.9. The van der Waals surface area contributed by atoms with Crippen LogP contribution in [0.25, 0.3) is 98.8 Å². The van der Waals surface area contributed by atoms with Crippen LogP contribution in [0.3, 0.4) is 0 Å². The lowest BCUT2D eigenvalue weighted by molar-refractivity contribution is 0.669. The van der Waals surface area contributed by atoms with Gasteiger partial charge in [-0.05, 0) is 101 Å². The zero-order chi connectivity index (χ0) is 42.8. The van der Waals surface area contributed by atoms with E-state index in [1.807, 2.05) is 78.9 Å². The van der Waals surface area contributed by atoms with Gasteiger partial charge in [-0.15, -0.1) is 0 Å². The van der Waals surface area contributed by atoms with E-state index in [1.165, 1.54) is 0 Å². The van der Waals surface area contributed by atoms with Gasteiger partial charge in [-0.3, -0.25) is 0 Å². The molecule has 0 saturated heterocycles. The second-order valence-electron chi connectivity index (χ2n) is 11.9. The van der Waals surface area contributed by atoms with E-state index in [0.29, 0.717) is 22.3 Å². The van der Waals surface area contributed by atoms with Gasteiger partial charge in [0.2, 0.25) is 0 Å². The number of fused-ring (bicyclic) bond motifs is 6. The molecule has 0 N–H and O–H groups in total. The van der Waals surface area contributed by atoms with E-state index >= 15 is 0 Å². The summed E-state index contributed by atoms with van der Waals surface area (Å²) in [6.45, 7) is 0. The Bertz CT molecular complexity index is 3480. The van der Waals surface area contributed by atoms with Crippen molar-refractivity contribution in [1.29, 1.82) is 0 Å². The Morgan fingerprint density at radius 3 is 1.84 bits per heavy atom. The van der Waals surface area contributed by atoms with Gasteiger partial charge in [-0.25, -0.2) is 0 Å². The molecule has 49 heavy (non-hydrogen) atoms. The van der Waals surface area contributed by atoms with Crippen molar-refractivity contribution in [2.75, 3.05) is 0 Å². The molecule has 0 saturated carbocycles. The van der Waals surface area contributed by atoms with E-state index in [9.17, 15) is 0 Å². The first kappa shape index (κ1) is 18.2. The van der Waals surface area contributed by atoms with Crippen LogP contribution >= 0.6 is 0 Å². The van der Waals surface area contributed by atoms with E-state index in [-0.39, 0.29) is 46.1 Å². The Labute approximate surface area is 301 Å².